The van der Waals surface area contributed by atoms with Crippen molar-refractivity contribution < 1.29 is 9.59 Å². The Bertz CT molecular complexity index is 460. The van der Waals surface area contributed by atoms with Gasteiger partial charge in [0.05, 0.1) is 11.2 Å². The Balaban J connectivity index is 1.62. The first-order valence-electron chi connectivity index (χ1n) is 6.35. The van der Waals surface area contributed by atoms with Gasteiger partial charge in [-0.3, -0.25) is 4.79 Å². The summed E-state index contributed by atoms with van der Waals surface area (Å²) in [7, 11) is 0. The molecule has 6 nitrogen and oxygen atoms in total. The molecule has 1 aliphatic heterocycles. The molecule has 1 aromatic heterocycles. The Kier molecular flexibility index (Phi) is 4.73. The number of rotatable bonds is 6. The molecule has 7 heteroatoms. The van der Waals surface area contributed by atoms with Gasteiger partial charge in [-0.1, -0.05) is 0 Å². The third-order valence-electron chi connectivity index (χ3n) is 3.07. The van der Waals surface area contributed by atoms with Gasteiger partial charge in [-0.2, -0.15) is 0 Å². The normalized spacial score (nSPS) is 14.6. The lowest BCUT2D eigenvalue weighted by molar-refractivity contribution is -0.121. The van der Waals surface area contributed by atoms with Crippen molar-refractivity contribution in [2.24, 2.45) is 0 Å². The van der Waals surface area contributed by atoms with Crippen LogP contribution in [-0.2, 0) is 11.2 Å². The van der Waals surface area contributed by atoms with Crippen molar-refractivity contribution in [2.75, 3.05) is 26.2 Å². The number of carbonyl (C=O) groups excluding carboxylic acids is 2. The molecular formula is C12H18N4O2S. The van der Waals surface area contributed by atoms with E-state index in [1.165, 1.54) is 0 Å². The minimum atomic E-state index is -0.0467. The van der Waals surface area contributed by atoms with E-state index in [0.717, 1.165) is 23.5 Å². The summed E-state index contributed by atoms with van der Waals surface area (Å²) in [5.74, 6) is 0.0207. The molecule has 104 valence electrons. The molecule has 0 aliphatic carbocycles. The first-order valence-corrected chi connectivity index (χ1v) is 7.23. The molecular weight excluding hydrogens is 264 g/mol. The van der Waals surface area contributed by atoms with E-state index in [1.54, 1.807) is 21.7 Å². The summed E-state index contributed by atoms with van der Waals surface area (Å²) in [5.41, 5.74) is 2.81. The van der Waals surface area contributed by atoms with Crippen molar-refractivity contribution in [3.63, 3.8) is 0 Å². The zero-order valence-electron chi connectivity index (χ0n) is 10.9. The molecule has 0 atom stereocenters. The van der Waals surface area contributed by atoms with Crippen LogP contribution in [0.5, 0.6) is 0 Å². The van der Waals surface area contributed by atoms with Gasteiger partial charge in [0.1, 0.15) is 0 Å². The maximum absolute atomic E-state index is 11.7. The second kappa shape index (κ2) is 6.51. The quantitative estimate of drug-likeness (QED) is 0.799. The number of amides is 3. The highest BCUT2D eigenvalue weighted by Crippen LogP contribution is 2.13. The average Bonchev–Trinajstić information content (AvgIpc) is 2.97. The van der Waals surface area contributed by atoms with Crippen LogP contribution >= 0.6 is 11.3 Å². The highest BCUT2D eigenvalue weighted by molar-refractivity contribution is 7.09. The number of carbonyl (C=O) groups is 2. The van der Waals surface area contributed by atoms with Gasteiger partial charge in [0, 0.05) is 37.5 Å². The fourth-order valence-corrected chi connectivity index (χ4v) is 2.72. The average molecular weight is 282 g/mol. The zero-order valence-corrected chi connectivity index (χ0v) is 11.8. The number of hydrogen-bond acceptors (Lipinski definition) is 4. The molecule has 0 unspecified atom stereocenters. The largest absolute Gasteiger partial charge is 0.354 e. The first-order chi connectivity index (χ1) is 9.16. The molecule has 19 heavy (non-hydrogen) atoms. The van der Waals surface area contributed by atoms with Crippen molar-refractivity contribution >= 4 is 23.3 Å². The Morgan fingerprint density at radius 3 is 3.11 bits per heavy atom. The van der Waals surface area contributed by atoms with Gasteiger partial charge in [-0.15, -0.1) is 11.3 Å². The molecule has 0 saturated carbocycles. The number of aryl methyl sites for hydroxylation is 2. The Labute approximate surface area is 116 Å². The molecule has 2 N–H and O–H groups in total. The SMILES string of the molecule is Cc1ncsc1CCC(=O)NCCN1CCNC1=O. The van der Waals surface area contributed by atoms with E-state index in [-0.39, 0.29) is 11.9 Å². The van der Waals surface area contributed by atoms with Gasteiger partial charge >= 0.3 is 6.03 Å². The predicted molar refractivity (Wildman–Crippen MR) is 73.2 cm³/mol. The van der Waals surface area contributed by atoms with Gasteiger partial charge in [0.25, 0.3) is 0 Å². The van der Waals surface area contributed by atoms with Crippen molar-refractivity contribution in [2.45, 2.75) is 19.8 Å². The highest BCUT2D eigenvalue weighted by atomic mass is 32.1. The van der Waals surface area contributed by atoms with Gasteiger partial charge in [-0.05, 0) is 13.3 Å². The summed E-state index contributed by atoms with van der Waals surface area (Å²) in [6.07, 6.45) is 1.20. The van der Waals surface area contributed by atoms with Crippen molar-refractivity contribution in [1.82, 2.24) is 20.5 Å². The van der Waals surface area contributed by atoms with E-state index in [0.29, 0.717) is 26.1 Å². The minimum absolute atomic E-state index is 0.0207. The van der Waals surface area contributed by atoms with Crippen molar-refractivity contribution in [1.29, 1.82) is 0 Å². The lowest BCUT2D eigenvalue weighted by Gasteiger charge is -2.14. The molecule has 1 saturated heterocycles. The number of nitrogens with one attached hydrogen (secondary N) is 2. The summed E-state index contributed by atoms with van der Waals surface area (Å²) in [6, 6.07) is -0.0467. The summed E-state index contributed by atoms with van der Waals surface area (Å²) in [6.45, 7) is 4.44. The fraction of sp³-hybridized carbons (Fsp3) is 0.583. The molecule has 2 rings (SSSR count). The maximum Gasteiger partial charge on any atom is 0.317 e. The van der Waals surface area contributed by atoms with Crippen molar-refractivity contribution in [3.05, 3.63) is 16.1 Å². The molecule has 0 aromatic carbocycles. The predicted octanol–water partition coefficient (Wildman–Crippen LogP) is 0.526. The van der Waals surface area contributed by atoms with Crippen LogP contribution in [0, 0.1) is 6.92 Å². The van der Waals surface area contributed by atoms with E-state index < -0.39 is 0 Å². The molecule has 0 bridgehead atoms. The van der Waals surface area contributed by atoms with Crippen LogP contribution in [0.4, 0.5) is 4.79 Å². The van der Waals surface area contributed by atoms with Gasteiger partial charge in [0.15, 0.2) is 0 Å². The number of nitrogens with zero attached hydrogens (tertiary/aromatic N) is 2. The number of thiazole rings is 1. The summed E-state index contributed by atoms with van der Waals surface area (Å²) in [4.78, 5) is 29.9. The first kappa shape index (κ1) is 13.8. The highest BCUT2D eigenvalue weighted by Gasteiger charge is 2.18. The van der Waals surface area contributed by atoms with Crippen LogP contribution in [-0.4, -0.2) is 48.0 Å². The second-order valence-corrected chi connectivity index (χ2v) is 5.37. The van der Waals surface area contributed by atoms with Crippen LogP contribution in [0.3, 0.4) is 0 Å². The standard InChI is InChI=1S/C12H18N4O2S/c1-9-10(19-8-15-9)2-3-11(17)13-4-6-16-7-5-14-12(16)18/h8H,2-7H2,1H3,(H,13,17)(H,14,18). The maximum atomic E-state index is 11.7. The van der Waals surface area contributed by atoms with Crippen LogP contribution < -0.4 is 10.6 Å². The molecule has 2 heterocycles. The smallest absolute Gasteiger partial charge is 0.317 e. The molecule has 0 spiro atoms. The topological polar surface area (TPSA) is 74.3 Å². The third kappa shape index (κ3) is 3.92. The molecule has 1 fully saturated rings. The lowest BCUT2D eigenvalue weighted by Crippen LogP contribution is -2.36. The summed E-state index contributed by atoms with van der Waals surface area (Å²) >= 11 is 1.58. The number of urea groups is 1. The Morgan fingerprint density at radius 2 is 2.47 bits per heavy atom. The van der Waals surface area contributed by atoms with Crippen LogP contribution in [0.2, 0.25) is 0 Å². The van der Waals surface area contributed by atoms with Crippen LogP contribution in [0.25, 0.3) is 0 Å². The van der Waals surface area contributed by atoms with Crippen LogP contribution in [0.1, 0.15) is 17.0 Å². The van der Waals surface area contributed by atoms with E-state index >= 15 is 0 Å². The molecule has 0 radical (unpaired) electrons. The monoisotopic (exact) mass is 282 g/mol. The lowest BCUT2D eigenvalue weighted by atomic mass is 10.2. The summed E-state index contributed by atoms with van der Waals surface area (Å²) < 4.78 is 0. The number of aromatic nitrogens is 1. The van der Waals surface area contributed by atoms with E-state index in [4.69, 9.17) is 0 Å². The second-order valence-electron chi connectivity index (χ2n) is 4.43. The van der Waals surface area contributed by atoms with Crippen molar-refractivity contribution in [3.8, 4) is 0 Å². The third-order valence-corrected chi connectivity index (χ3v) is 4.07. The van der Waals surface area contributed by atoms with Crippen LogP contribution in [0.15, 0.2) is 5.51 Å². The Hall–Kier alpha value is -1.63. The Morgan fingerprint density at radius 1 is 1.63 bits per heavy atom. The zero-order chi connectivity index (χ0) is 13.7. The number of hydrogen-bond donors (Lipinski definition) is 2. The van der Waals surface area contributed by atoms with Gasteiger partial charge in [-0.25, -0.2) is 9.78 Å². The fourth-order valence-electron chi connectivity index (χ4n) is 1.94. The molecule has 1 aromatic rings. The summed E-state index contributed by atoms with van der Waals surface area (Å²) in [5, 5.41) is 5.56. The van der Waals surface area contributed by atoms with E-state index in [9.17, 15) is 9.59 Å². The van der Waals surface area contributed by atoms with Gasteiger partial charge in [0.2, 0.25) is 5.91 Å². The molecule has 1 aliphatic rings. The van der Waals surface area contributed by atoms with Gasteiger partial charge < -0.3 is 15.5 Å². The minimum Gasteiger partial charge on any atom is -0.354 e. The van der Waals surface area contributed by atoms with E-state index in [2.05, 4.69) is 15.6 Å². The molecule has 3 amide bonds. The van der Waals surface area contributed by atoms with E-state index in [1.807, 2.05) is 6.92 Å².